The van der Waals surface area contributed by atoms with Crippen molar-refractivity contribution in [1.82, 2.24) is 19.9 Å². The van der Waals surface area contributed by atoms with Gasteiger partial charge in [0.2, 0.25) is 11.9 Å². The SMILES string of the molecule is COc1cnc(NC(=O)c2ccc(CN3C(=O)c4ccc(Cl)cc4NC(=O)C3Cc3ccccn3)s2)nc1. The van der Waals surface area contributed by atoms with Gasteiger partial charge >= 0.3 is 0 Å². The van der Waals surface area contributed by atoms with Crippen molar-refractivity contribution in [3.05, 3.63) is 93.2 Å². The summed E-state index contributed by atoms with van der Waals surface area (Å²) < 4.78 is 5.03. The maximum Gasteiger partial charge on any atom is 0.268 e. The molecule has 2 N–H and O–H groups in total. The Labute approximate surface area is 226 Å². The highest BCUT2D eigenvalue weighted by molar-refractivity contribution is 7.14. The Morgan fingerprint density at radius 1 is 1.13 bits per heavy atom. The van der Waals surface area contributed by atoms with Crippen LogP contribution in [0.2, 0.25) is 5.02 Å². The number of thiophene rings is 1. The second-order valence-corrected chi connectivity index (χ2v) is 9.92. The van der Waals surface area contributed by atoms with Crippen LogP contribution in [0.1, 0.15) is 30.6 Å². The van der Waals surface area contributed by atoms with E-state index in [1.807, 2.05) is 6.07 Å². The maximum atomic E-state index is 13.7. The highest BCUT2D eigenvalue weighted by Crippen LogP contribution is 2.30. The summed E-state index contributed by atoms with van der Waals surface area (Å²) in [6, 6.07) is 12.8. The zero-order valence-corrected chi connectivity index (χ0v) is 21.6. The Balaban J connectivity index is 1.41. The van der Waals surface area contributed by atoms with E-state index in [0.29, 0.717) is 32.6 Å². The van der Waals surface area contributed by atoms with Gasteiger partial charge in [-0.1, -0.05) is 17.7 Å². The Morgan fingerprint density at radius 3 is 2.68 bits per heavy atom. The second kappa shape index (κ2) is 11.0. The summed E-state index contributed by atoms with van der Waals surface area (Å²) >= 11 is 7.33. The average Bonchev–Trinajstić information content (AvgIpc) is 3.37. The zero-order valence-electron chi connectivity index (χ0n) is 20.1. The van der Waals surface area contributed by atoms with Crippen molar-refractivity contribution < 1.29 is 19.1 Å². The Hall–Kier alpha value is -4.35. The van der Waals surface area contributed by atoms with Crippen LogP contribution >= 0.6 is 22.9 Å². The van der Waals surface area contributed by atoms with Crippen LogP contribution in [0.4, 0.5) is 11.6 Å². The number of halogens is 1. The number of fused-ring (bicyclic) bond motifs is 1. The van der Waals surface area contributed by atoms with Gasteiger partial charge in [-0.25, -0.2) is 9.97 Å². The first-order valence-corrected chi connectivity index (χ1v) is 12.7. The fourth-order valence-corrected chi connectivity index (χ4v) is 5.04. The molecule has 5 rings (SSSR count). The molecule has 0 aliphatic carbocycles. The first-order chi connectivity index (χ1) is 18.4. The quantitative estimate of drug-likeness (QED) is 0.357. The van der Waals surface area contributed by atoms with E-state index < -0.39 is 11.9 Å². The lowest BCUT2D eigenvalue weighted by atomic mass is 10.1. The van der Waals surface area contributed by atoms with Crippen LogP contribution in [-0.2, 0) is 17.8 Å². The number of aromatic nitrogens is 3. The average molecular weight is 549 g/mol. The molecule has 1 unspecified atom stereocenters. The Morgan fingerprint density at radius 2 is 1.95 bits per heavy atom. The van der Waals surface area contributed by atoms with Crippen LogP contribution in [0.25, 0.3) is 0 Å². The molecule has 0 saturated carbocycles. The van der Waals surface area contributed by atoms with E-state index in [4.69, 9.17) is 16.3 Å². The van der Waals surface area contributed by atoms with Gasteiger partial charge in [0.15, 0.2) is 5.75 Å². The van der Waals surface area contributed by atoms with Gasteiger partial charge in [0.1, 0.15) is 6.04 Å². The number of amides is 3. The normalized spacial score (nSPS) is 14.9. The third-order valence-corrected chi connectivity index (χ3v) is 7.14. The third-order valence-electron chi connectivity index (χ3n) is 5.84. The van der Waals surface area contributed by atoms with Crippen molar-refractivity contribution in [2.45, 2.75) is 19.0 Å². The summed E-state index contributed by atoms with van der Waals surface area (Å²) in [5.41, 5.74) is 1.35. The second-order valence-electron chi connectivity index (χ2n) is 8.32. The summed E-state index contributed by atoms with van der Waals surface area (Å²) in [5.74, 6) is -0.470. The molecule has 0 spiro atoms. The molecule has 10 nitrogen and oxygen atoms in total. The molecule has 192 valence electrons. The summed E-state index contributed by atoms with van der Waals surface area (Å²) in [5, 5.41) is 5.89. The standard InChI is InChI=1S/C26H21ClN6O4S/c1-37-17-12-29-26(30-13-17)32-24(35)22-8-6-18(38-22)14-33-21(11-16-4-2-3-9-28-16)23(34)31-20-10-15(27)5-7-19(20)25(33)36/h2-10,12-13,21H,11,14H2,1H3,(H,31,34)(H,29,30,32,35). The Kier molecular flexibility index (Phi) is 7.29. The highest BCUT2D eigenvalue weighted by Gasteiger charge is 2.36. The first-order valence-electron chi connectivity index (χ1n) is 11.5. The number of nitrogens with one attached hydrogen (secondary N) is 2. The molecule has 0 fully saturated rings. The van der Waals surface area contributed by atoms with Gasteiger partial charge in [-0.3, -0.25) is 24.7 Å². The van der Waals surface area contributed by atoms with Gasteiger partial charge in [0, 0.05) is 28.2 Å². The molecule has 3 aromatic heterocycles. The van der Waals surface area contributed by atoms with Crippen molar-refractivity contribution in [2.24, 2.45) is 0 Å². The van der Waals surface area contributed by atoms with Crippen molar-refractivity contribution in [3.8, 4) is 5.75 Å². The van der Waals surface area contributed by atoms with Crippen LogP contribution in [0.3, 0.4) is 0 Å². The number of hydrogen-bond acceptors (Lipinski definition) is 8. The van der Waals surface area contributed by atoms with E-state index in [2.05, 4.69) is 25.6 Å². The zero-order chi connectivity index (χ0) is 26.6. The van der Waals surface area contributed by atoms with Gasteiger partial charge in [-0.15, -0.1) is 11.3 Å². The smallest absolute Gasteiger partial charge is 0.268 e. The predicted octanol–water partition coefficient (Wildman–Crippen LogP) is 4.05. The highest BCUT2D eigenvalue weighted by atomic mass is 35.5. The van der Waals surface area contributed by atoms with Crippen LogP contribution in [0.15, 0.2) is 67.1 Å². The molecule has 38 heavy (non-hydrogen) atoms. The molecule has 1 aliphatic rings. The van der Waals surface area contributed by atoms with E-state index in [9.17, 15) is 14.4 Å². The molecule has 12 heteroatoms. The summed E-state index contributed by atoms with van der Waals surface area (Å²) in [6.07, 6.45) is 4.76. The van der Waals surface area contributed by atoms with Crippen molar-refractivity contribution in [2.75, 3.05) is 17.7 Å². The van der Waals surface area contributed by atoms with Gasteiger partial charge in [-0.05, 0) is 42.5 Å². The number of nitrogens with zero attached hydrogens (tertiary/aromatic N) is 4. The number of ether oxygens (including phenoxy) is 1. The molecule has 1 aliphatic heterocycles. The van der Waals surface area contributed by atoms with Crippen LogP contribution < -0.4 is 15.4 Å². The minimum atomic E-state index is -0.837. The number of carbonyl (C=O) groups is 3. The van der Waals surface area contributed by atoms with Gasteiger partial charge in [0.05, 0.1) is 42.2 Å². The number of pyridine rings is 1. The number of methoxy groups -OCH3 is 1. The van der Waals surface area contributed by atoms with E-state index in [0.717, 1.165) is 4.88 Å². The largest absolute Gasteiger partial charge is 0.494 e. The number of rotatable bonds is 7. The molecule has 1 atom stereocenters. The maximum absolute atomic E-state index is 13.7. The molecule has 0 saturated heterocycles. The van der Waals surface area contributed by atoms with Crippen molar-refractivity contribution in [1.29, 1.82) is 0 Å². The van der Waals surface area contributed by atoms with E-state index in [1.54, 1.807) is 48.7 Å². The molecular formula is C26H21ClN6O4S. The first kappa shape index (κ1) is 25.3. The van der Waals surface area contributed by atoms with Gasteiger partial charge in [-0.2, -0.15) is 0 Å². The minimum Gasteiger partial charge on any atom is -0.494 e. The third kappa shape index (κ3) is 5.48. The Bertz CT molecular complexity index is 1500. The van der Waals surface area contributed by atoms with Crippen LogP contribution in [-0.4, -0.2) is 50.7 Å². The topological polar surface area (TPSA) is 126 Å². The summed E-state index contributed by atoms with van der Waals surface area (Å²) in [4.78, 5) is 54.9. The lowest BCUT2D eigenvalue weighted by Gasteiger charge is -2.28. The van der Waals surface area contributed by atoms with E-state index >= 15 is 0 Å². The molecule has 0 radical (unpaired) electrons. The number of hydrogen-bond donors (Lipinski definition) is 2. The molecule has 4 heterocycles. The minimum absolute atomic E-state index is 0.114. The van der Waals surface area contributed by atoms with E-state index in [1.165, 1.54) is 35.7 Å². The summed E-state index contributed by atoms with van der Waals surface area (Å²) in [7, 11) is 1.50. The van der Waals surface area contributed by atoms with Crippen molar-refractivity contribution in [3.63, 3.8) is 0 Å². The van der Waals surface area contributed by atoms with Crippen LogP contribution in [0, 0.1) is 0 Å². The molecule has 1 aromatic carbocycles. The lowest BCUT2D eigenvalue weighted by Crippen LogP contribution is -2.46. The van der Waals surface area contributed by atoms with E-state index in [-0.39, 0.29) is 30.7 Å². The molecule has 3 amide bonds. The molecular weight excluding hydrogens is 528 g/mol. The van der Waals surface area contributed by atoms with Crippen molar-refractivity contribution >= 4 is 52.3 Å². The molecule has 4 aromatic rings. The number of benzene rings is 1. The van der Waals surface area contributed by atoms with Gasteiger partial charge < -0.3 is 15.0 Å². The number of anilines is 2. The predicted molar refractivity (Wildman–Crippen MR) is 143 cm³/mol. The summed E-state index contributed by atoms with van der Waals surface area (Å²) in [6.45, 7) is 0.114. The monoisotopic (exact) mass is 548 g/mol. The molecule has 0 bridgehead atoms. The fourth-order valence-electron chi connectivity index (χ4n) is 3.96. The number of carbonyl (C=O) groups excluding carboxylic acids is 3. The van der Waals surface area contributed by atoms with Gasteiger partial charge in [0.25, 0.3) is 11.8 Å². The fraction of sp³-hybridized carbons (Fsp3) is 0.154. The lowest BCUT2D eigenvalue weighted by molar-refractivity contribution is -0.120. The van der Waals surface area contributed by atoms with Crippen LogP contribution in [0.5, 0.6) is 5.75 Å².